The first kappa shape index (κ1) is 15.8. The lowest BCUT2D eigenvalue weighted by Gasteiger charge is -2.34. The molecule has 2 aliphatic heterocycles. The van der Waals surface area contributed by atoms with Gasteiger partial charge in [-0.15, -0.1) is 0 Å². The molecule has 0 spiro atoms. The maximum absolute atomic E-state index is 12.1. The number of carbonyl (C=O) groups is 1. The molecule has 0 aliphatic carbocycles. The summed E-state index contributed by atoms with van der Waals surface area (Å²) in [6.07, 6.45) is 5.79. The first-order chi connectivity index (χ1) is 9.65. The van der Waals surface area contributed by atoms with Gasteiger partial charge in [0.1, 0.15) is 0 Å². The van der Waals surface area contributed by atoms with Crippen molar-refractivity contribution in [3.63, 3.8) is 0 Å². The largest absolute Gasteiger partial charge is 0.343 e. The van der Waals surface area contributed by atoms with Crippen molar-refractivity contribution in [1.82, 2.24) is 15.1 Å². The molecule has 2 fully saturated rings. The molecule has 0 aromatic rings. The van der Waals surface area contributed by atoms with Gasteiger partial charge in [0.2, 0.25) is 5.91 Å². The van der Waals surface area contributed by atoms with Gasteiger partial charge in [-0.25, -0.2) is 0 Å². The molecule has 2 saturated heterocycles. The number of nitrogens with zero attached hydrogens (tertiary/aromatic N) is 2. The Kier molecular flexibility index (Phi) is 6.30. The number of amides is 1. The summed E-state index contributed by atoms with van der Waals surface area (Å²) in [5.74, 6) is 1.14. The summed E-state index contributed by atoms with van der Waals surface area (Å²) >= 11 is 0. The zero-order valence-electron chi connectivity index (χ0n) is 13.2. The number of hydrogen-bond donors (Lipinski definition) is 1. The summed E-state index contributed by atoms with van der Waals surface area (Å²) < 4.78 is 0. The Labute approximate surface area is 123 Å². The van der Waals surface area contributed by atoms with Crippen LogP contribution in [0, 0.1) is 5.92 Å². The third-order valence-electron chi connectivity index (χ3n) is 4.57. The minimum atomic E-state index is 0.331. The van der Waals surface area contributed by atoms with Gasteiger partial charge in [-0.05, 0) is 44.7 Å². The molecule has 0 aromatic heterocycles. The standard InChI is InChI=1S/C16H31N3O/c1-14(2)17-8-5-16(20)19-11-6-15(7-12-19)13-18-9-3-4-10-18/h14-15,17H,3-13H2,1-2H3. The predicted molar refractivity (Wildman–Crippen MR) is 82.7 cm³/mol. The van der Waals surface area contributed by atoms with E-state index in [2.05, 4.69) is 29.0 Å². The molecule has 20 heavy (non-hydrogen) atoms. The molecule has 1 amide bonds. The number of carbonyl (C=O) groups excluding carboxylic acids is 1. The van der Waals surface area contributed by atoms with Gasteiger partial charge in [-0.2, -0.15) is 0 Å². The Morgan fingerprint density at radius 2 is 1.80 bits per heavy atom. The van der Waals surface area contributed by atoms with Gasteiger partial charge < -0.3 is 15.1 Å². The van der Waals surface area contributed by atoms with Crippen molar-refractivity contribution in [1.29, 1.82) is 0 Å². The van der Waals surface area contributed by atoms with Crippen LogP contribution in [-0.2, 0) is 4.79 Å². The topological polar surface area (TPSA) is 35.6 Å². The van der Waals surface area contributed by atoms with Crippen molar-refractivity contribution in [3.8, 4) is 0 Å². The quantitative estimate of drug-likeness (QED) is 0.805. The van der Waals surface area contributed by atoms with Crippen molar-refractivity contribution in [3.05, 3.63) is 0 Å². The van der Waals surface area contributed by atoms with Crippen LogP contribution >= 0.6 is 0 Å². The molecule has 0 atom stereocenters. The minimum Gasteiger partial charge on any atom is -0.343 e. The van der Waals surface area contributed by atoms with Crippen LogP contribution in [0.3, 0.4) is 0 Å². The summed E-state index contributed by atoms with van der Waals surface area (Å²) in [7, 11) is 0. The van der Waals surface area contributed by atoms with Crippen LogP contribution in [0.1, 0.15) is 46.0 Å². The van der Waals surface area contributed by atoms with E-state index in [4.69, 9.17) is 0 Å². The van der Waals surface area contributed by atoms with Gasteiger partial charge in [0.05, 0.1) is 0 Å². The highest BCUT2D eigenvalue weighted by Crippen LogP contribution is 2.20. The van der Waals surface area contributed by atoms with E-state index in [1.165, 1.54) is 45.3 Å². The van der Waals surface area contributed by atoms with Crippen LogP contribution in [0.2, 0.25) is 0 Å². The van der Waals surface area contributed by atoms with Crippen molar-refractivity contribution in [2.75, 3.05) is 39.3 Å². The lowest BCUT2D eigenvalue weighted by molar-refractivity contribution is -0.132. The summed E-state index contributed by atoms with van der Waals surface area (Å²) in [4.78, 5) is 16.8. The van der Waals surface area contributed by atoms with Crippen molar-refractivity contribution < 1.29 is 4.79 Å². The fraction of sp³-hybridized carbons (Fsp3) is 0.938. The van der Waals surface area contributed by atoms with E-state index < -0.39 is 0 Å². The summed E-state index contributed by atoms with van der Waals surface area (Å²) in [6, 6.07) is 0.467. The fourth-order valence-electron chi connectivity index (χ4n) is 3.32. The molecule has 0 unspecified atom stereocenters. The Morgan fingerprint density at radius 1 is 1.15 bits per heavy atom. The monoisotopic (exact) mass is 281 g/mol. The van der Waals surface area contributed by atoms with E-state index in [1.54, 1.807) is 0 Å². The lowest BCUT2D eigenvalue weighted by atomic mass is 9.96. The smallest absolute Gasteiger partial charge is 0.223 e. The van der Waals surface area contributed by atoms with Crippen LogP contribution in [0.25, 0.3) is 0 Å². The molecule has 0 saturated carbocycles. The zero-order valence-corrected chi connectivity index (χ0v) is 13.2. The number of nitrogens with one attached hydrogen (secondary N) is 1. The van der Waals surface area contributed by atoms with Crippen molar-refractivity contribution in [2.45, 2.75) is 52.0 Å². The lowest BCUT2D eigenvalue weighted by Crippen LogP contribution is -2.42. The third-order valence-corrected chi connectivity index (χ3v) is 4.57. The highest BCUT2D eigenvalue weighted by atomic mass is 16.2. The van der Waals surface area contributed by atoms with E-state index >= 15 is 0 Å². The predicted octanol–water partition coefficient (Wildman–Crippen LogP) is 1.71. The molecule has 2 rings (SSSR count). The molecule has 4 heteroatoms. The highest BCUT2D eigenvalue weighted by Gasteiger charge is 2.24. The second-order valence-electron chi connectivity index (χ2n) is 6.69. The highest BCUT2D eigenvalue weighted by molar-refractivity contribution is 5.76. The molecular formula is C16H31N3O. The molecule has 1 N–H and O–H groups in total. The fourth-order valence-corrected chi connectivity index (χ4v) is 3.32. The van der Waals surface area contributed by atoms with Gasteiger partial charge in [0.25, 0.3) is 0 Å². The summed E-state index contributed by atoms with van der Waals surface area (Å²) in [6.45, 7) is 10.8. The summed E-state index contributed by atoms with van der Waals surface area (Å²) in [5, 5.41) is 3.32. The molecular weight excluding hydrogens is 250 g/mol. The maximum atomic E-state index is 12.1. The Balaban J connectivity index is 1.61. The van der Waals surface area contributed by atoms with E-state index in [9.17, 15) is 4.79 Å². The van der Waals surface area contributed by atoms with Gasteiger partial charge in [-0.1, -0.05) is 13.8 Å². The Bertz CT molecular complexity index is 292. The zero-order chi connectivity index (χ0) is 14.4. The van der Waals surface area contributed by atoms with Crippen LogP contribution in [0.5, 0.6) is 0 Å². The SMILES string of the molecule is CC(C)NCCC(=O)N1CCC(CN2CCCC2)CC1. The van der Waals surface area contributed by atoms with Gasteiger partial charge >= 0.3 is 0 Å². The Hall–Kier alpha value is -0.610. The first-order valence-corrected chi connectivity index (χ1v) is 8.38. The van der Waals surface area contributed by atoms with Crippen LogP contribution in [0.4, 0.5) is 0 Å². The van der Waals surface area contributed by atoms with E-state index in [1.807, 2.05) is 0 Å². The number of piperidine rings is 1. The molecule has 2 aliphatic rings. The number of hydrogen-bond acceptors (Lipinski definition) is 3. The maximum Gasteiger partial charge on any atom is 0.223 e. The van der Waals surface area contributed by atoms with Crippen molar-refractivity contribution >= 4 is 5.91 Å². The molecule has 0 aromatic carbocycles. The van der Waals surface area contributed by atoms with Gasteiger partial charge in [0, 0.05) is 38.6 Å². The normalized spacial score (nSPS) is 21.9. The average Bonchev–Trinajstić information content (AvgIpc) is 2.92. The molecule has 2 heterocycles. The van der Waals surface area contributed by atoms with Crippen LogP contribution in [0.15, 0.2) is 0 Å². The third kappa shape index (κ3) is 5.06. The Morgan fingerprint density at radius 3 is 2.40 bits per heavy atom. The molecule has 116 valence electrons. The van der Waals surface area contributed by atoms with Gasteiger partial charge in [-0.3, -0.25) is 4.79 Å². The van der Waals surface area contributed by atoms with E-state index in [0.717, 1.165) is 25.6 Å². The summed E-state index contributed by atoms with van der Waals surface area (Å²) in [5.41, 5.74) is 0. The van der Waals surface area contributed by atoms with Gasteiger partial charge in [0.15, 0.2) is 0 Å². The second kappa shape index (κ2) is 7.99. The van der Waals surface area contributed by atoms with E-state index in [-0.39, 0.29) is 0 Å². The number of rotatable bonds is 6. The molecule has 0 radical (unpaired) electrons. The first-order valence-electron chi connectivity index (χ1n) is 8.38. The minimum absolute atomic E-state index is 0.331. The van der Waals surface area contributed by atoms with Crippen molar-refractivity contribution in [2.24, 2.45) is 5.92 Å². The van der Waals surface area contributed by atoms with E-state index in [0.29, 0.717) is 18.4 Å². The van der Waals surface area contributed by atoms with Crippen LogP contribution < -0.4 is 5.32 Å². The van der Waals surface area contributed by atoms with Crippen LogP contribution in [-0.4, -0.2) is 61.0 Å². The molecule has 0 bridgehead atoms. The molecule has 4 nitrogen and oxygen atoms in total. The second-order valence-corrected chi connectivity index (χ2v) is 6.69. The number of likely N-dealkylation sites (tertiary alicyclic amines) is 2. The average molecular weight is 281 g/mol.